The van der Waals surface area contributed by atoms with Crippen LogP contribution in [0, 0.1) is 0 Å². The topological polar surface area (TPSA) is 145 Å². The number of hydrogen-bond donors (Lipinski definition) is 3. The van der Waals surface area contributed by atoms with Gasteiger partial charge < -0.3 is 25.8 Å². The molecule has 0 aromatic rings. The van der Waals surface area contributed by atoms with E-state index in [1.165, 1.54) is 0 Å². The Morgan fingerprint density at radius 1 is 0.917 bits per heavy atom. The molecule has 0 heterocycles. The van der Waals surface area contributed by atoms with Crippen LogP contribution in [0.3, 0.4) is 0 Å². The average Bonchev–Trinajstić information content (AvgIpc) is 1.58. The molecule has 0 saturated heterocycles. The molecule has 0 aliphatic rings. The van der Waals surface area contributed by atoms with E-state index in [4.69, 9.17) is 10.2 Å². The van der Waals surface area contributed by atoms with E-state index in [2.05, 4.69) is 9.47 Å². The third-order valence-corrected chi connectivity index (χ3v) is 0.341. The molecular formula is C3H5CoNO7. The van der Waals surface area contributed by atoms with Crippen molar-refractivity contribution in [1.29, 1.82) is 0 Å². The third-order valence-electron chi connectivity index (χ3n) is 0.341. The molecule has 12 heavy (non-hydrogen) atoms. The number of hydrogen-bond acceptors (Lipinski definition) is 6. The van der Waals surface area contributed by atoms with Gasteiger partial charge in [0, 0.05) is 16.8 Å². The van der Waals surface area contributed by atoms with Crippen LogP contribution in [0.25, 0.3) is 0 Å². The summed E-state index contributed by atoms with van der Waals surface area (Å²) >= 11 is 0. The zero-order valence-corrected chi connectivity index (χ0v) is 6.52. The van der Waals surface area contributed by atoms with Crippen LogP contribution in [0.5, 0.6) is 0 Å². The summed E-state index contributed by atoms with van der Waals surface area (Å²) in [5.74, 6) is 0. The molecule has 8 nitrogen and oxygen atoms in total. The summed E-state index contributed by atoms with van der Waals surface area (Å²) in [6.45, 7) is 0. The summed E-state index contributed by atoms with van der Waals surface area (Å²) < 4.78 is 6.47. The third kappa shape index (κ3) is 11.5. The predicted octanol–water partition coefficient (Wildman–Crippen LogP) is 0.655. The number of carbonyl (C=O) groups is 3. The fraction of sp³-hybridized carbons (Fsp3) is 0. The Morgan fingerprint density at radius 3 is 1.33 bits per heavy atom. The van der Waals surface area contributed by atoms with Gasteiger partial charge in [0.05, 0.1) is 0 Å². The number of ether oxygens (including phenoxy) is 2. The van der Waals surface area contributed by atoms with Crippen LogP contribution < -0.4 is 6.15 Å². The van der Waals surface area contributed by atoms with Gasteiger partial charge in [0.1, 0.15) is 0 Å². The fourth-order valence-corrected chi connectivity index (χ4v) is 0.163. The molecule has 0 aliphatic carbocycles. The Labute approximate surface area is 76.2 Å². The summed E-state index contributed by atoms with van der Waals surface area (Å²) in [5.41, 5.74) is 0. The molecule has 0 bridgehead atoms. The van der Waals surface area contributed by atoms with Crippen LogP contribution in [0.15, 0.2) is 0 Å². The van der Waals surface area contributed by atoms with Gasteiger partial charge in [-0.1, -0.05) is 0 Å². The minimum Gasteiger partial charge on any atom is -0.449 e. The summed E-state index contributed by atoms with van der Waals surface area (Å²) in [6.07, 6.45) is -5.64. The van der Waals surface area contributed by atoms with E-state index in [9.17, 15) is 14.4 Å². The molecule has 0 saturated carbocycles. The fourth-order valence-electron chi connectivity index (χ4n) is 0.163. The van der Waals surface area contributed by atoms with Crippen LogP contribution in [-0.4, -0.2) is 28.7 Å². The van der Waals surface area contributed by atoms with Crippen molar-refractivity contribution in [2.75, 3.05) is 0 Å². The van der Waals surface area contributed by atoms with E-state index >= 15 is 0 Å². The van der Waals surface area contributed by atoms with Crippen molar-refractivity contribution in [3.05, 3.63) is 0 Å². The first-order chi connectivity index (χ1) is 4.52. The number of carboxylic acid groups (broad SMARTS) is 2. The van der Waals surface area contributed by atoms with Gasteiger partial charge in [0.25, 0.3) is 0 Å². The maximum Gasteiger partial charge on any atom is 0.528 e. The zero-order chi connectivity index (χ0) is 8.15. The van der Waals surface area contributed by atoms with Crippen molar-refractivity contribution in [2.24, 2.45) is 0 Å². The van der Waals surface area contributed by atoms with Gasteiger partial charge in [0.2, 0.25) is 0 Å². The average molecular weight is 226 g/mol. The summed E-state index contributed by atoms with van der Waals surface area (Å²) in [4.78, 5) is 28.8. The van der Waals surface area contributed by atoms with Crippen LogP contribution in [0.4, 0.5) is 14.4 Å². The molecule has 0 amide bonds. The zero-order valence-electron chi connectivity index (χ0n) is 5.48. The van der Waals surface area contributed by atoms with E-state index < -0.39 is 18.5 Å². The monoisotopic (exact) mass is 226 g/mol. The predicted molar refractivity (Wildman–Crippen MR) is 28.6 cm³/mol. The van der Waals surface area contributed by atoms with E-state index in [0.29, 0.717) is 0 Å². The Bertz CT molecular complexity index is 161. The molecule has 73 valence electrons. The Balaban J connectivity index is -0.000000405. The molecule has 0 atom stereocenters. The van der Waals surface area contributed by atoms with Gasteiger partial charge >= 0.3 is 18.5 Å². The van der Waals surface area contributed by atoms with Gasteiger partial charge in [-0.25, -0.2) is 14.4 Å². The van der Waals surface area contributed by atoms with Crippen molar-refractivity contribution in [3.8, 4) is 0 Å². The van der Waals surface area contributed by atoms with Crippen LogP contribution in [-0.2, 0) is 26.3 Å². The number of carbonyl (C=O) groups excluding carboxylic acids is 1. The molecule has 0 rings (SSSR count). The second kappa shape index (κ2) is 7.78. The van der Waals surface area contributed by atoms with E-state index in [1.807, 2.05) is 0 Å². The molecule has 0 spiro atoms. The van der Waals surface area contributed by atoms with Gasteiger partial charge in [-0.15, -0.1) is 0 Å². The summed E-state index contributed by atoms with van der Waals surface area (Å²) in [6, 6.07) is 0. The molecular weight excluding hydrogens is 221 g/mol. The van der Waals surface area contributed by atoms with Gasteiger partial charge in [-0.3, -0.25) is 0 Å². The van der Waals surface area contributed by atoms with Crippen molar-refractivity contribution in [2.45, 2.75) is 0 Å². The van der Waals surface area contributed by atoms with E-state index in [-0.39, 0.29) is 22.9 Å². The minimum absolute atomic E-state index is 0. The minimum atomic E-state index is -1.92. The smallest absolute Gasteiger partial charge is 0.449 e. The SMILES string of the molecule is N.O=C(O)OC(=O)OC(=O)O.[Co]. The van der Waals surface area contributed by atoms with E-state index in [1.54, 1.807) is 0 Å². The van der Waals surface area contributed by atoms with Crippen LogP contribution in [0.1, 0.15) is 0 Å². The molecule has 0 fully saturated rings. The summed E-state index contributed by atoms with van der Waals surface area (Å²) in [5, 5.41) is 15.4. The Kier molecular flexibility index (Phi) is 11.0. The van der Waals surface area contributed by atoms with E-state index in [0.717, 1.165) is 0 Å². The van der Waals surface area contributed by atoms with Gasteiger partial charge in [-0.2, -0.15) is 0 Å². The van der Waals surface area contributed by atoms with Crippen molar-refractivity contribution < 1.29 is 50.8 Å². The molecule has 0 aromatic heterocycles. The standard InChI is InChI=1S/C3H2O7.Co.H3N/c4-1(5)9-3(8)10-2(6)7;;/h(H,4,5)(H,6,7);;1H3. The molecule has 0 aromatic carbocycles. The second-order valence-electron chi connectivity index (χ2n) is 0.986. The maximum atomic E-state index is 9.86. The largest absolute Gasteiger partial charge is 0.528 e. The molecule has 9 heteroatoms. The molecule has 0 unspecified atom stereocenters. The van der Waals surface area contributed by atoms with Crippen LogP contribution in [0.2, 0.25) is 0 Å². The molecule has 0 aliphatic heterocycles. The molecule has 5 N–H and O–H groups in total. The number of rotatable bonds is 0. The molecule has 1 radical (unpaired) electrons. The van der Waals surface area contributed by atoms with Crippen molar-refractivity contribution in [3.63, 3.8) is 0 Å². The van der Waals surface area contributed by atoms with Crippen molar-refractivity contribution >= 4 is 18.5 Å². The second-order valence-corrected chi connectivity index (χ2v) is 0.986. The first-order valence-corrected chi connectivity index (χ1v) is 1.88. The maximum absolute atomic E-state index is 9.86. The summed E-state index contributed by atoms with van der Waals surface area (Å²) in [7, 11) is 0. The first kappa shape index (κ1) is 17.0. The van der Waals surface area contributed by atoms with Gasteiger partial charge in [0.15, 0.2) is 0 Å². The Morgan fingerprint density at radius 2 is 1.17 bits per heavy atom. The van der Waals surface area contributed by atoms with Gasteiger partial charge in [-0.05, 0) is 0 Å². The van der Waals surface area contributed by atoms with Crippen LogP contribution >= 0.6 is 0 Å². The quantitative estimate of drug-likeness (QED) is 0.403. The van der Waals surface area contributed by atoms with Crippen molar-refractivity contribution in [1.82, 2.24) is 6.15 Å². The first-order valence-electron chi connectivity index (χ1n) is 1.88. The Hall–Kier alpha value is -1.32. The normalized spacial score (nSPS) is 6.67.